The summed E-state index contributed by atoms with van der Waals surface area (Å²) in [5, 5.41) is 18.2. The molecule has 1 unspecified atom stereocenters. The number of carboxylic acid groups (broad SMARTS) is 1. The molecular formula is C10H14O4. The molecule has 2 N–H and O–H groups in total. The molecule has 0 saturated carbocycles. The van der Waals surface area contributed by atoms with Crippen molar-refractivity contribution in [1.82, 2.24) is 0 Å². The normalized spacial score (nSPS) is 14.0. The van der Waals surface area contributed by atoms with E-state index in [0.717, 1.165) is 0 Å². The van der Waals surface area contributed by atoms with Crippen LogP contribution in [-0.2, 0) is 10.2 Å². The van der Waals surface area contributed by atoms with Gasteiger partial charge in [-0.15, -0.1) is 0 Å². The highest BCUT2D eigenvalue weighted by atomic mass is 16.4. The third-order valence-electron chi connectivity index (χ3n) is 2.29. The molecule has 0 radical (unpaired) electrons. The van der Waals surface area contributed by atoms with E-state index >= 15 is 0 Å². The summed E-state index contributed by atoms with van der Waals surface area (Å²) in [5.74, 6) is -0.0698. The number of hydrogen-bond donors (Lipinski definition) is 2. The van der Waals surface area contributed by atoms with Crippen molar-refractivity contribution in [1.29, 1.82) is 0 Å². The van der Waals surface area contributed by atoms with Gasteiger partial charge in [-0.05, 0) is 32.9 Å². The minimum absolute atomic E-state index is 0.477. The first kappa shape index (κ1) is 10.8. The third-order valence-corrected chi connectivity index (χ3v) is 2.29. The summed E-state index contributed by atoms with van der Waals surface area (Å²) in [4.78, 5) is 10.6. The van der Waals surface area contributed by atoms with E-state index in [1.54, 1.807) is 32.9 Å². The van der Waals surface area contributed by atoms with Crippen molar-refractivity contribution in [3.05, 3.63) is 23.7 Å². The zero-order chi connectivity index (χ0) is 10.9. The topological polar surface area (TPSA) is 70.7 Å². The Balaban J connectivity index is 3.01. The molecule has 4 heteroatoms. The summed E-state index contributed by atoms with van der Waals surface area (Å²) >= 11 is 0. The van der Waals surface area contributed by atoms with Crippen molar-refractivity contribution in [3.63, 3.8) is 0 Å². The van der Waals surface area contributed by atoms with E-state index in [0.29, 0.717) is 11.5 Å². The first-order valence-corrected chi connectivity index (χ1v) is 4.33. The van der Waals surface area contributed by atoms with Crippen LogP contribution in [0, 0.1) is 6.92 Å². The number of furan rings is 1. The Morgan fingerprint density at radius 2 is 2.07 bits per heavy atom. The van der Waals surface area contributed by atoms with Crippen LogP contribution in [0.15, 0.2) is 16.5 Å². The Bertz CT molecular complexity index is 338. The summed E-state index contributed by atoms with van der Waals surface area (Å²) in [6, 6.07) is 3.42. The summed E-state index contributed by atoms with van der Waals surface area (Å²) < 4.78 is 5.30. The van der Waals surface area contributed by atoms with E-state index in [-0.39, 0.29) is 0 Å². The second-order valence-corrected chi connectivity index (χ2v) is 3.87. The summed E-state index contributed by atoms with van der Waals surface area (Å²) in [5.41, 5.74) is -0.917. The lowest BCUT2D eigenvalue weighted by molar-refractivity contribution is -0.150. The van der Waals surface area contributed by atoms with E-state index in [1.807, 2.05) is 0 Å². The second-order valence-electron chi connectivity index (χ2n) is 3.87. The molecule has 78 valence electrons. The maximum atomic E-state index is 10.6. The Morgan fingerprint density at radius 1 is 1.50 bits per heavy atom. The molecule has 1 atom stereocenters. The van der Waals surface area contributed by atoms with Gasteiger partial charge in [-0.2, -0.15) is 0 Å². The van der Waals surface area contributed by atoms with Crippen molar-refractivity contribution in [2.24, 2.45) is 0 Å². The molecular weight excluding hydrogens is 184 g/mol. The lowest BCUT2D eigenvalue weighted by Crippen LogP contribution is -2.39. The van der Waals surface area contributed by atoms with Gasteiger partial charge >= 0.3 is 5.97 Å². The fourth-order valence-corrected chi connectivity index (χ4v) is 1.22. The van der Waals surface area contributed by atoms with Gasteiger partial charge in [0, 0.05) is 0 Å². The Kier molecular flexibility index (Phi) is 2.66. The monoisotopic (exact) mass is 198 g/mol. The number of carboxylic acids is 1. The summed E-state index contributed by atoms with van der Waals surface area (Å²) in [6.07, 6.45) is -1.46. The van der Waals surface area contributed by atoms with Crippen molar-refractivity contribution >= 4 is 5.97 Å². The smallest absolute Gasteiger partial charge is 0.333 e. The van der Waals surface area contributed by atoms with Crippen LogP contribution in [0.4, 0.5) is 0 Å². The van der Waals surface area contributed by atoms with Crippen LogP contribution in [-0.4, -0.2) is 22.3 Å². The molecule has 0 saturated heterocycles. The van der Waals surface area contributed by atoms with Gasteiger partial charge in [-0.3, -0.25) is 0 Å². The number of carbonyl (C=O) groups is 1. The zero-order valence-corrected chi connectivity index (χ0v) is 8.44. The first-order valence-electron chi connectivity index (χ1n) is 4.33. The molecule has 0 aliphatic rings. The van der Waals surface area contributed by atoms with Gasteiger partial charge in [0.25, 0.3) is 0 Å². The number of rotatable bonds is 3. The van der Waals surface area contributed by atoms with Crippen LogP contribution >= 0.6 is 0 Å². The minimum Gasteiger partial charge on any atom is -0.479 e. The molecule has 1 aromatic rings. The number of hydrogen-bond acceptors (Lipinski definition) is 3. The van der Waals surface area contributed by atoms with Crippen LogP contribution < -0.4 is 0 Å². The first-order chi connectivity index (χ1) is 6.35. The van der Waals surface area contributed by atoms with E-state index in [2.05, 4.69) is 0 Å². The zero-order valence-electron chi connectivity index (χ0n) is 8.44. The highest BCUT2D eigenvalue weighted by Gasteiger charge is 2.37. The molecule has 1 heterocycles. The van der Waals surface area contributed by atoms with Gasteiger partial charge in [-0.1, -0.05) is 0 Å². The minimum atomic E-state index is -1.46. The summed E-state index contributed by atoms with van der Waals surface area (Å²) in [6.45, 7) is 5.03. The lowest BCUT2D eigenvalue weighted by Gasteiger charge is -2.25. The van der Waals surface area contributed by atoms with Gasteiger partial charge in [0.1, 0.15) is 11.5 Å². The molecule has 0 aromatic carbocycles. The third kappa shape index (κ3) is 1.80. The van der Waals surface area contributed by atoms with Crippen LogP contribution in [0.2, 0.25) is 0 Å². The fourth-order valence-electron chi connectivity index (χ4n) is 1.22. The Hall–Kier alpha value is -1.29. The Labute approximate surface area is 82.2 Å². The fraction of sp³-hybridized carbons (Fsp3) is 0.500. The van der Waals surface area contributed by atoms with Crippen molar-refractivity contribution in [2.75, 3.05) is 0 Å². The van der Waals surface area contributed by atoms with Crippen LogP contribution in [0.3, 0.4) is 0 Å². The maximum absolute atomic E-state index is 10.6. The quantitative estimate of drug-likeness (QED) is 0.768. The molecule has 0 bridgehead atoms. The average molecular weight is 198 g/mol. The van der Waals surface area contributed by atoms with E-state index in [1.165, 1.54) is 0 Å². The van der Waals surface area contributed by atoms with Gasteiger partial charge in [0.2, 0.25) is 0 Å². The molecule has 0 aliphatic heterocycles. The van der Waals surface area contributed by atoms with Gasteiger partial charge < -0.3 is 14.6 Å². The molecule has 0 amide bonds. The predicted molar refractivity (Wildman–Crippen MR) is 50.1 cm³/mol. The molecule has 0 aliphatic carbocycles. The number of aliphatic carboxylic acids is 1. The SMILES string of the molecule is Cc1ccc(C(C)(C)C(O)C(=O)O)o1. The molecule has 0 spiro atoms. The maximum Gasteiger partial charge on any atom is 0.333 e. The largest absolute Gasteiger partial charge is 0.479 e. The van der Waals surface area contributed by atoms with Crippen molar-refractivity contribution in [3.8, 4) is 0 Å². The predicted octanol–water partition coefficient (Wildman–Crippen LogP) is 1.31. The standard InChI is InChI=1S/C10H14O4/c1-6-4-5-7(14-6)10(2,3)8(11)9(12)13/h4-5,8,11H,1-3H3,(H,12,13). The summed E-state index contributed by atoms with van der Waals surface area (Å²) in [7, 11) is 0. The van der Waals surface area contributed by atoms with E-state index in [9.17, 15) is 9.90 Å². The number of aryl methyl sites for hydroxylation is 1. The molecule has 14 heavy (non-hydrogen) atoms. The molecule has 1 rings (SSSR count). The average Bonchev–Trinajstić information content (AvgIpc) is 2.50. The van der Waals surface area contributed by atoms with E-state index < -0.39 is 17.5 Å². The molecule has 1 aromatic heterocycles. The van der Waals surface area contributed by atoms with Gasteiger partial charge in [0.05, 0.1) is 5.41 Å². The molecule has 0 fully saturated rings. The highest BCUT2D eigenvalue weighted by molar-refractivity contribution is 5.74. The Morgan fingerprint density at radius 3 is 2.43 bits per heavy atom. The van der Waals surface area contributed by atoms with Crippen molar-refractivity contribution < 1.29 is 19.4 Å². The van der Waals surface area contributed by atoms with E-state index in [4.69, 9.17) is 9.52 Å². The van der Waals surface area contributed by atoms with Crippen LogP contribution in [0.1, 0.15) is 25.4 Å². The lowest BCUT2D eigenvalue weighted by atomic mass is 9.84. The van der Waals surface area contributed by atoms with Crippen LogP contribution in [0.5, 0.6) is 0 Å². The number of aliphatic hydroxyl groups excluding tert-OH is 1. The van der Waals surface area contributed by atoms with Gasteiger partial charge in [0.15, 0.2) is 6.10 Å². The highest BCUT2D eigenvalue weighted by Crippen LogP contribution is 2.28. The van der Waals surface area contributed by atoms with Gasteiger partial charge in [-0.25, -0.2) is 4.79 Å². The molecule has 4 nitrogen and oxygen atoms in total. The number of aliphatic hydroxyl groups is 1. The van der Waals surface area contributed by atoms with Crippen molar-refractivity contribution in [2.45, 2.75) is 32.3 Å². The van der Waals surface area contributed by atoms with Crippen LogP contribution in [0.25, 0.3) is 0 Å². The second kappa shape index (κ2) is 3.46.